The molecular formula is C13H26N2O. The van der Waals surface area contributed by atoms with Gasteiger partial charge in [0.25, 0.3) is 0 Å². The van der Waals surface area contributed by atoms with Crippen LogP contribution in [-0.4, -0.2) is 51.3 Å². The van der Waals surface area contributed by atoms with Crippen molar-refractivity contribution in [3.05, 3.63) is 0 Å². The maximum absolute atomic E-state index is 5.17. The van der Waals surface area contributed by atoms with Crippen molar-refractivity contribution >= 4 is 0 Å². The van der Waals surface area contributed by atoms with Gasteiger partial charge in [-0.3, -0.25) is 0 Å². The molecule has 0 atom stereocenters. The van der Waals surface area contributed by atoms with Crippen molar-refractivity contribution in [3.8, 4) is 0 Å². The largest absolute Gasteiger partial charge is 0.385 e. The Morgan fingerprint density at radius 3 is 2.62 bits per heavy atom. The maximum atomic E-state index is 5.17. The summed E-state index contributed by atoms with van der Waals surface area (Å²) in [5, 5.41) is 3.63. The molecule has 1 saturated heterocycles. The van der Waals surface area contributed by atoms with Crippen LogP contribution >= 0.6 is 0 Å². The Bertz CT molecular complexity index is 198. The Hall–Kier alpha value is -0.120. The van der Waals surface area contributed by atoms with E-state index in [-0.39, 0.29) is 0 Å². The Balaban J connectivity index is 1.50. The van der Waals surface area contributed by atoms with Gasteiger partial charge in [-0.2, -0.15) is 0 Å². The standard InChI is InChI=1S/C13H26N2O/c1-16-11-6-13(4-5-13)12-14-7-10-15-8-2-3-9-15/h14H,2-12H2,1H3. The lowest BCUT2D eigenvalue weighted by atomic mass is 10.0. The van der Waals surface area contributed by atoms with E-state index in [1.165, 1.54) is 58.3 Å². The van der Waals surface area contributed by atoms with Gasteiger partial charge in [0, 0.05) is 33.4 Å². The molecule has 0 unspecified atom stereocenters. The quantitative estimate of drug-likeness (QED) is 0.635. The van der Waals surface area contributed by atoms with Crippen LogP contribution in [0.5, 0.6) is 0 Å². The van der Waals surface area contributed by atoms with Crippen LogP contribution in [0.3, 0.4) is 0 Å². The Labute approximate surface area is 99.5 Å². The van der Waals surface area contributed by atoms with Gasteiger partial charge in [0.05, 0.1) is 0 Å². The monoisotopic (exact) mass is 226 g/mol. The summed E-state index contributed by atoms with van der Waals surface area (Å²) >= 11 is 0. The summed E-state index contributed by atoms with van der Waals surface area (Å²) in [5.74, 6) is 0. The molecule has 2 rings (SSSR count). The fourth-order valence-corrected chi connectivity index (χ4v) is 2.61. The summed E-state index contributed by atoms with van der Waals surface area (Å²) in [6.45, 7) is 7.15. The normalized spacial score (nSPS) is 23.8. The van der Waals surface area contributed by atoms with E-state index in [0.29, 0.717) is 5.41 Å². The molecule has 0 radical (unpaired) electrons. The molecule has 3 heteroatoms. The number of rotatable bonds is 8. The van der Waals surface area contributed by atoms with Crippen LogP contribution in [0.1, 0.15) is 32.1 Å². The number of likely N-dealkylation sites (tertiary alicyclic amines) is 1. The fraction of sp³-hybridized carbons (Fsp3) is 1.00. The molecule has 1 saturated carbocycles. The predicted molar refractivity (Wildman–Crippen MR) is 66.7 cm³/mol. The van der Waals surface area contributed by atoms with Crippen molar-refractivity contribution in [1.29, 1.82) is 0 Å². The molecule has 0 aromatic rings. The van der Waals surface area contributed by atoms with Crippen molar-refractivity contribution in [2.75, 3.05) is 46.4 Å². The minimum atomic E-state index is 0.598. The van der Waals surface area contributed by atoms with Gasteiger partial charge < -0.3 is 15.0 Å². The number of ether oxygens (including phenoxy) is 1. The third kappa shape index (κ3) is 3.72. The van der Waals surface area contributed by atoms with Crippen LogP contribution in [0.25, 0.3) is 0 Å². The van der Waals surface area contributed by atoms with Gasteiger partial charge in [0.2, 0.25) is 0 Å². The number of nitrogens with one attached hydrogen (secondary N) is 1. The minimum absolute atomic E-state index is 0.598. The minimum Gasteiger partial charge on any atom is -0.385 e. The number of hydrogen-bond acceptors (Lipinski definition) is 3. The highest BCUT2D eigenvalue weighted by atomic mass is 16.5. The average Bonchev–Trinajstić information content (AvgIpc) is 2.87. The Kier molecular flexibility index (Phi) is 4.62. The van der Waals surface area contributed by atoms with Gasteiger partial charge in [-0.1, -0.05) is 0 Å². The SMILES string of the molecule is COCCC1(CNCCN2CCCC2)CC1. The number of methoxy groups -OCH3 is 1. The summed E-state index contributed by atoms with van der Waals surface area (Å²) in [6.07, 6.45) is 6.83. The van der Waals surface area contributed by atoms with Crippen molar-refractivity contribution in [3.63, 3.8) is 0 Å². The first kappa shape index (κ1) is 12.3. The second kappa shape index (κ2) is 5.99. The van der Waals surface area contributed by atoms with Crippen LogP contribution in [0.4, 0.5) is 0 Å². The third-order valence-corrected chi connectivity index (χ3v) is 4.10. The second-order valence-corrected chi connectivity index (χ2v) is 5.47. The highest BCUT2D eigenvalue weighted by molar-refractivity contribution is 4.94. The Morgan fingerprint density at radius 2 is 2.00 bits per heavy atom. The molecule has 0 spiro atoms. The van der Waals surface area contributed by atoms with E-state index in [4.69, 9.17) is 4.74 Å². The molecule has 1 heterocycles. The molecule has 2 aliphatic rings. The van der Waals surface area contributed by atoms with Crippen LogP contribution in [0.2, 0.25) is 0 Å². The first-order valence-electron chi connectivity index (χ1n) is 6.77. The summed E-state index contributed by atoms with van der Waals surface area (Å²) in [7, 11) is 1.80. The summed E-state index contributed by atoms with van der Waals surface area (Å²) in [6, 6.07) is 0. The summed E-state index contributed by atoms with van der Waals surface area (Å²) in [4.78, 5) is 2.57. The average molecular weight is 226 g/mol. The van der Waals surface area contributed by atoms with E-state index in [1.54, 1.807) is 7.11 Å². The molecule has 1 aliphatic heterocycles. The van der Waals surface area contributed by atoms with Crippen LogP contribution in [-0.2, 0) is 4.74 Å². The summed E-state index contributed by atoms with van der Waals surface area (Å²) in [5.41, 5.74) is 0.598. The second-order valence-electron chi connectivity index (χ2n) is 5.47. The third-order valence-electron chi connectivity index (χ3n) is 4.10. The molecule has 0 bridgehead atoms. The van der Waals surface area contributed by atoms with E-state index in [0.717, 1.165) is 13.2 Å². The molecular weight excluding hydrogens is 200 g/mol. The van der Waals surface area contributed by atoms with Gasteiger partial charge >= 0.3 is 0 Å². The van der Waals surface area contributed by atoms with E-state index in [1.807, 2.05) is 0 Å². The summed E-state index contributed by atoms with van der Waals surface area (Å²) < 4.78 is 5.17. The lowest BCUT2D eigenvalue weighted by Crippen LogP contribution is -2.33. The zero-order valence-corrected chi connectivity index (χ0v) is 10.6. The zero-order valence-electron chi connectivity index (χ0n) is 10.6. The predicted octanol–water partition coefficient (Wildman–Crippen LogP) is 1.49. The van der Waals surface area contributed by atoms with Crippen LogP contribution in [0.15, 0.2) is 0 Å². The van der Waals surface area contributed by atoms with Gasteiger partial charge in [-0.05, 0) is 50.6 Å². The molecule has 94 valence electrons. The molecule has 0 amide bonds. The highest BCUT2D eigenvalue weighted by Gasteiger charge is 2.41. The van der Waals surface area contributed by atoms with Crippen LogP contribution in [0, 0.1) is 5.41 Å². The van der Waals surface area contributed by atoms with E-state index >= 15 is 0 Å². The van der Waals surface area contributed by atoms with Crippen LogP contribution < -0.4 is 5.32 Å². The van der Waals surface area contributed by atoms with Gasteiger partial charge in [-0.25, -0.2) is 0 Å². The number of nitrogens with zero attached hydrogens (tertiary/aromatic N) is 1. The fourth-order valence-electron chi connectivity index (χ4n) is 2.61. The molecule has 2 fully saturated rings. The molecule has 0 aromatic heterocycles. The Morgan fingerprint density at radius 1 is 1.25 bits per heavy atom. The lowest BCUT2D eigenvalue weighted by molar-refractivity contribution is 0.171. The van der Waals surface area contributed by atoms with E-state index in [9.17, 15) is 0 Å². The molecule has 1 N–H and O–H groups in total. The smallest absolute Gasteiger partial charge is 0.0468 e. The molecule has 16 heavy (non-hydrogen) atoms. The molecule has 3 nitrogen and oxygen atoms in total. The molecule has 1 aliphatic carbocycles. The van der Waals surface area contributed by atoms with Crippen molar-refractivity contribution in [1.82, 2.24) is 10.2 Å². The van der Waals surface area contributed by atoms with E-state index in [2.05, 4.69) is 10.2 Å². The van der Waals surface area contributed by atoms with Gasteiger partial charge in [-0.15, -0.1) is 0 Å². The van der Waals surface area contributed by atoms with Gasteiger partial charge in [0.1, 0.15) is 0 Å². The topological polar surface area (TPSA) is 24.5 Å². The molecule has 0 aromatic carbocycles. The zero-order chi connectivity index (χ0) is 11.3. The first-order valence-corrected chi connectivity index (χ1v) is 6.77. The lowest BCUT2D eigenvalue weighted by Gasteiger charge is -2.18. The van der Waals surface area contributed by atoms with Crippen molar-refractivity contribution in [2.24, 2.45) is 5.41 Å². The maximum Gasteiger partial charge on any atom is 0.0468 e. The highest BCUT2D eigenvalue weighted by Crippen LogP contribution is 2.48. The van der Waals surface area contributed by atoms with E-state index < -0.39 is 0 Å². The van der Waals surface area contributed by atoms with Gasteiger partial charge in [0.15, 0.2) is 0 Å². The number of hydrogen-bond donors (Lipinski definition) is 1. The first-order chi connectivity index (χ1) is 7.85. The van der Waals surface area contributed by atoms with Crippen molar-refractivity contribution in [2.45, 2.75) is 32.1 Å². The van der Waals surface area contributed by atoms with Crippen molar-refractivity contribution < 1.29 is 4.74 Å².